The van der Waals surface area contributed by atoms with E-state index in [2.05, 4.69) is 6.92 Å². The summed E-state index contributed by atoms with van der Waals surface area (Å²) in [6.45, 7) is 2.15. The van der Waals surface area contributed by atoms with Crippen molar-refractivity contribution < 1.29 is 14.3 Å². The van der Waals surface area contributed by atoms with Gasteiger partial charge in [0, 0.05) is 16.5 Å². The third-order valence-corrected chi connectivity index (χ3v) is 8.67. The molecule has 4 heteroatoms. The molecule has 0 N–H and O–H groups in total. The quantitative estimate of drug-likeness (QED) is 0.633. The summed E-state index contributed by atoms with van der Waals surface area (Å²) in [6, 6.07) is 7.82. The van der Waals surface area contributed by atoms with Gasteiger partial charge in [0.2, 0.25) is 0 Å². The number of esters is 1. The maximum absolute atomic E-state index is 13.4. The van der Waals surface area contributed by atoms with E-state index in [-0.39, 0.29) is 23.8 Å². The van der Waals surface area contributed by atoms with E-state index >= 15 is 0 Å². The first kappa shape index (κ1) is 19.5. The van der Waals surface area contributed by atoms with Gasteiger partial charge in [-0.05, 0) is 93.1 Å². The summed E-state index contributed by atoms with van der Waals surface area (Å²) in [5.74, 6) is 2.48. The third kappa shape index (κ3) is 3.21. The Morgan fingerprint density at radius 3 is 2.45 bits per heavy atom. The number of Topliss-reactive ketones (excluding diaryl/α,β-unsaturated/α-hetero) is 1. The number of pyridine rings is 1. The van der Waals surface area contributed by atoms with Crippen LogP contribution in [0.15, 0.2) is 24.3 Å². The minimum Gasteiger partial charge on any atom is -0.454 e. The van der Waals surface area contributed by atoms with Gasteiger partial charge in [-0.1, -0.05) is 25.1 Å². The van der Waals surface area contributed by atoms with Crippen molar-refractivity contribution in [1.29, 1.82) is 0 Å². The molecular weight excluding hydrogens is 386 g/mol. The van der Waals surface area contributed by atoms with Crippen LogP contribution in [0, 0.1) is 29.1 Å². The number of ether oxygens (including phenoxy) is 1. The number of benzene rings is 1. The summed E-state index contributed by atoms with van der Waals surface area (Å²) in [4.78, 5) is 31.6. The average molecular weight is 418 g/mol. The predicted octanol–water partition coefficient (Wildman–Crippen LogP) is 5.30. The van der Waals surface area contributed by atoms with E-state index < -0.39 is 0 Å². The highest BCUT2D eigenvalue weighted by atomic mass is 16.5. The van der Waals surface area contributed by atoms with Crippen molar-refractivity contribution in [3.05, 3.63) is 41.1 Å². The molecule has 5 aliphatic carbocycles. The molecule has 31 heavy (non-hydrogen) atoms. The van der Waals surface area contributed by atoms with Crippen LogP contribution in [0.1, 0.15) is 73.5 Å². The topological polar surface area (TPSA) is 56.3 Å². The normalized spacial score (nSPS) is 33.3. The number of aromatic nitrogens is 1. The Bertz CT molecular complexity index is 1040. The first-order valence-corrected chi connectivity index (χ1v) is 12.1. The Kier molecular flexibility index (Phi) is 4.49. The van der Waals surface area contributed by atoms with Crippen molar-refractivity contribution in [3.8, 4) is 0 Å². The molecule has 0 saturated heterocycles. The highest BCUT2D eigenvalue weighted by molar-refractivity contribution is 6.05. The van der Waals surface area contributed by atoms with Crippen LogP contribution in [-0.2, 0) is 22.4 Å². The van der Waals surface area contributed by atoms with Crippen molar-refractivity contribution in [1.82, 2.24) is 4.98 Å². The van der Waals surface area contributed by atoms with Crippen molar-refractivity contribution >= 4 is 22.7 Å². The first-order valence-electron chi connectivity index (χ1n) is 12.1. The second-order valence-corrected chi connectivity index (χ2v) is 11.0. The van der Waals surface area contributed by atoms with E-state index in [0.29, 0.717) is 29.2 Å². The minimum absolute atomic E-state index is 0.0774. The molecule has 4 nitrogen and oxygen atoms in total. The molecule has 162 valence electrons. The summed E-state index contributed by atoms with van der Waals surface area (Å²) < 4.78 is 5.77. The molecule has 7 rings (SSSR count). The maximum atomic E-state index is 13.4. The Labute approximate surface area is 183 Å². The fourth-order valence-corrected chi connectivity index (χ4v) is 7.60. The van der Waals surface area contributed by atoms with E-state index in [9.17, 15) is 9.59 Å². The van der Waals surface area contributed by atoms with Crippen LogP contribution in [0.3, 0.4) is 0 Å². The van der Waals surface area contributed by atoms with Crippen LogP contribution in [0.25, 0.3) is 10.9 Å². The van der Waals surface area contributed by atoms with E-state index in [1.54, 1.807) is 0 Å². The lowest BCUT2D eigenvalue weighted by Gasteiger charge is -2.55. The van der Waals surface area contributed by atoms with Crippen LogP contribution < -0.4 is 0 Å². The second-order valence-electron chi connectivity index (χ2n) is 11.0. The monoisotopic (exact) mass is 417 g/mol. The molecule has 1 heterocycles. The van der Waals surface area contributed by atoms with Crippen LogP contribution in [-0.4, -0.2) is 23.3 Å². The fourth-order valence-electron chi connectivity index (χ4n) is 7.60. The molecule has 1 atom stereocenters. The number of rotatable bonds is 4. The Morgan fingerprint density at radius 2 is 1.74 bits per heavy atom. The minimum atomic E-state index is -0.345. The van der Waals surface area contributed by atoms with Crippen LogP contribution in [0.5, 0.6) is 0 Å². The average Bonchev–Trinajstić information content (AvgIpc) is 2.74. The Balaban J connectivity index is 1.27. The lowest BCUT2D eigenvalue weighted by atomic mass is 9.48. The number of nitrogens with zero attached hydrogens (tertiary/aromatic N) is 1. The zero-order valence-corrected chi connectivity index (χ0v) is 18.4. The zero-order valence-electron chi connectivity index (χ0n) is 18.4. The number of carbonyl (C=O) groups excluding carboxylic acids is 2. The second kappa shape index (κ2) is 7.15. The molecule has 0 radical (unpaired) electrons. The molecule has 1 unspecified atom stereocenters. The lowest BCUT2D eigenvalue weighted by molar-refractivity contribution is -0.147. The van der Waals surface area contributed by atoms with E-state index in [1.807, 2.05) is 24.3 Å². The molecular formula is C27H31NO3. The van der Waals surface area contributed by atoms with Gasteiger partial charge in [-0.2, -0.15) is 0 Å². The first-order chi connectivity index (χ1) is 15.0. The number of ketones is 1. The smallest absolute Gasteiger partial charge is 0.339 e. The summed E-state index contributed by atoms with van der Waals surface area (Å²) >= 11 is 0. The molecule has 4 saturated carbocycles. The highest BCUT2D eigenvalue weighted by Gasteiger charge is 2.54. The maximum Gasteiger partial charge on any atom is 0.339 e. The standard InChI is InChI=1S/C27H31NO3/c1-16-6-7-23-21(8-16)25(20-4-2-3-5-22(20)28-23)26(30)31-15-24(29)27-12-17-9-18(13-27)11-19(10-17)14-27/h2-5,16-19H,6-15H2,1H3. The van der Waals surface area contributed by atoms with Crippen molar-refractivity contribution in [2.75, 3.05) is 6.61 Å². The van der Waals surface area contributed by atoms with Crippen LogP contribution in [0.2, 0.25) is 0 Å². The summed E-state index contributed by atoms with van der Waals surface area (Å²) in [5, 5.41) is 0.850. The van der Waals surface area contributed by atoms with Gasteiger partial charge in [-0.25, -0.2) is 4.79 Å². The Morgan fingerprint density at radius 1 is 1.06 bits per heavy atom. The molecule has 0 aliphatic heterocycles. The van der Waals surface area contributed by atoms with Gasteiger partial charge in [0.25, 0.3) is 0 Å². The van der Waals surface area contributed by atoms with E-state index in [0.717, 1.165) is 60.7 Å². The number of aryl methyl sites for hydroxylation is 1. The largest absolute Gasteiger partial charge is 0.454 e. The molecule has 4 bridgehead atoms. The van der Waals surface area contributed by atoms with Gasteiger partial charge in [-0.3, -0.25) is 9.78 Å². The van der Waals surface area contributed by atoms with Crippen molar-refractivity contribution in [3.63, 3.8) is 0 Å². The molecule has 4 fully saturated rings. The third-order valence-electron chi connectivity index (χ3n) is 8.67. The fraction of sp³-hybridized carbons (Fsp3) is 0.593. The van der Waals surface area contributed by atoms with Gasteiger partial charge in [-0.15, -0.1) is 0 Å². The summed E-state index contributed by atoms with van der Waals surface area (Å²) in [7, 11) is 0. The van der Waals surface area contributed by atoms with Gasteiger partial charge in [0.05, 0.1) is 11.1 Å². The van der Waals surface area contributed by atoms with Gasteiger partial charge in [0.15, 0.2) is 12.4 Å². The molecule has 2 aromatic rings. The number of hydrogen-bond donors (Lipinski definition) is 0. The number of carbonyl (C=O) groups is 2. The predicted molar refractivity (Wildman–Crippen MR) is 119 cm³/mol. The highest BCUT2D eigenvalue weighted by Crippen LogP contribution is 2.60. The lowest BCUT2D eigenvalue weighted by Crippen LogP contribution is -2.51. The molecule has 1 aromatic carbocycles. The number of hydrogen-bond acceptors (Lipinski definition) is 4. The van der Waals surface area contributed by atoms with Gasteiger partial charge >= 0.3 is 5.97 Å². The Hall–Kier alpha value is -2.23. The molecule has 1 aromatic heterocycles. The number of fused-ring (bicyclic) bond motifs is 2. The van der Waals surface area contributed by atoms with Crippen molar-refractivity contribution in [2.24, 2.45) is 29.1 Å². The molecule has 0 spiro atoms. The summed E-state index contributed by atoms with van der Waals surface area (Å²) in [5.41, 5.74) is 3.32. The van der Waals surface area contributed by atoms with Crippen LogP contribution >= 0.6 is 0 Å². The van der Waals surface area contributed by atoms with Crippen LogP contribution in [0.4, 0.5) is 0 Å². The van der Waals surface area contributed by atoms with E-state index in [1.165, 1.54) is 19.3 Å². The van der Waals surface area contributed by atoms with Gasteiger partial charge < -0.3 is 4.74 Å². The number of para-hydroxylation sites is 1. The molecule has 0 amide bonds. The van der Waals surface area contributed by atoms with E-state index in [4.69, 9.17) is 9.72 Å². The summed E-state index contributed by atoms with van der Waals surface area (Å²) in [6.07, 6.45) is 9.80. The molecule has 5 aliphatic rings. The zero-order chi connectivity index (χ0) is 21.2. The van der Waals surface area contributed by atoms with Gasteiger partial charge in [0.1, 0.15) is 0 Å². The van der Waals surface area contributed by atoms with Crippen molar-refractivity contribution in [2.45, 2.75) is 64.7 Å². The SMILES string of the molecule is CC1CCc2nc3ccccc3c(C(=O)OCC(=O)C34CC5CC(CC(C5)C3)C4)c2C1.